The Bertz CT molecular complexity index is 1080. The fourth-order valence-corrected chi connectivity index (χ4v) is 3.61. The monoisotopic (exact) mass is 313 g/mol. The lowest BCUT2D eigenvalue weighted by Crippen LogP contribution is -2.21. The first kappa shape index (κ1) is 13.4. The number of rotatable bonds is 1. The summed E-state index contributed by atoms with van der Waals surface area (Å²) in [7, 11) is 0. The number of ketones is 1. The molecular weight excluding hydrogens is 298 g/mol. The van der Waals surface area contributed by atoms with Crippen LogP contribution in [-0.2, 0) is 6.42 Å². The summed E-state index contributed by atoms with van der Waals surface area (Å²) in [6.07, 6.45) is 3.23. The van der Waals surface area contributed by atoms with E-state index in [2.05, 4.69) is 17.1 Å². The van der Waals surface area contributed by atoms with E-state index in [1.165, 1.54) is 5.56 Å². The van der Waals surface area contributed by atoms with Gasteiger partial charge in [-0.15, -0.1) is 0 Å². The zero-order valence-electron chi connectivity index (χ0n) is 13.0. The van der Waals surface area contributed by atoms with Gasteiger partial charge in [-0.1, -0.05) is 42.5 Å². The summed E-state index contributed by atoms with van der Waals surface area (Å²) in [5, 5.41) is 0. The second-order valence-electron chi connectivity index (χ2n) is 6.31. The topological polar surface area (TPSA) is 47.3 Å². The van der Waals surface area contributed by atoms with Gasteiger partial charge in [0.15, 0.2) is 5.78 Å². The molecule has 2 aromatic carbocycles. The molecule has 1 aliphatic carbocycles. The Labute approximate surface area is 138 Å². The van der Waals surface area contributed by atoms with Crippen LogP contribution in [0.1, 0.15) is 34.0 Å². The zero-order chi connectivity index (χ0) is 16.1. The minimum absolute atomic E-state index is 0.164. The molecule has 1 aliphatic rings. The molecule has 0 N–H and O–H groups in total. The van der Waals surface area contributed by atoms with Crippen molar-refractivity contribution in [2.24, 2.45) is 0 Å². The van der Waals surface area contributed by atoms with E-state index in [9.17, 15) is 4.79 Å². The number of aromatic nitrogens is 3. The van der Waals surface area contributed by atoms with Crippen LogP contribution in [0, 0.1) is 0 Å². The van der Waals surface area contributed by atoms with Crippen LogP contribution >= 0.6 is 0 Å². The Kier molecular flexibility index (Phi) is 2.80. The molecule has 5 rings (SSSR count). The lowest BCUT2D eigenvalue weighted by atomic mass is 9.82. The fourth-order valence-electron chi connectivity index (χ4n) is 3.61. The van der Waals surface area contributed by atoms with Crippen LogP contribution in [0.2, 0.25) is 0 Å². The average Bonchev–Trinajstić information content (AvgIpc) is 2.98. The highest BCUT2D eigenvalue weighted by atomic mass is 16.1. The number of Topliss-reactive ketones (excluding diaryl/α,β-unsaturated/α-hetero) is 1. The molecule has 0 saturated carbocycles. The largest absolute Gasteiger partial charge is 0.294 e. The summed E-state index contributed by atoms with van der Waals surface area (Å²) in [5.74, 6) is 1.03. The number of carbonyl (C=O) groups excluding carboxylic acids is 1. The molecule has 0 saturated heterocycles. The summed E-state index contributed by atoms with van der Waals surface area (Å²) in [4.78, 5) is 22.0. The van der Waals surface area contributed by atoms with Crippen molar-refractivity contribution in [2.75, 3.05) is 0 Å². The summed E-state index contributed by atoms with van der Waals surface area (Å²) in [6, 6.07) is 18.1. The van der Waals surface area contributed by atoms with Gasteiger partial charge in [0.25, 0.3) is 0 Å². The predicted molar refractivity (Wildman–Crippen MR) is 92.3 cm³/mol. The van der Waals surface area contributed by atoms with E-state index < -0.39 is 0 Å². The number of nitrogens with zero attached hydrogens (tertiary/aromatic N) is 3. The van der Waals surface area contributed by atoms with E-state index >= 15 is 0 Å². The molecule has 1 unspecified atom stereocenters. The molecule has 4 nitrogen and oxygen atoms in total. The SMILES string of the molecule is O=C1CC(c2ccccc2)Cc2nc3nc4ccccc4n3cc21. The molecule has 0 spiro atoms. The molecule has 4 heteroatoms. The van der Waals surface area contributed by atoms with Crippen molar-refractivity contribution in [3.8, 4) is 0 Å². The molecular formula is C20H15N3O. The van der Waals surface area contributed by atoms with E-state index in [4.69, 9.17) is 4.98 Å². The van der Waals surface area contributed by atoms with E-state index in [1.807, 2.05) is 53.1 Å². The summed E-state index contributed by atoms with van der Waals surface area (Å²) in [6.45, 7) is 0. The highest BCUT2D eigenvalue weighted by molar-refractivity contribution is 5.99. The van der Waals surface area contributed by atoms with Gasteiger partial charge in [0.1, 0.15) is 0 Å². The van der Waals surface area contributed by atoms with E-state index in [0.29, 0.717) is 12.2 Å². The molecule has 1 atom stereocenters. The number of carbonyl (C=O) groups is 1. The third-order valence-corrected chi connectivity index (χ3v) is 4.82. The second-order valence-corrected chi connectivity index (χ2v) is 6.31. The number of para-hydroxylation sites is 2. The van der Waals surface area contributed by atoms with Crippen LogP contribution < -0.4 is 0 Å². The van der Waals surface area contributed by atoms with Crippen molar-refractivity contribution in [1.82, 2.24) is 14.4 Å². The number of hydrogen-bond donors (Lipinski definition) is 0. The minimum atomic E-state index is 0.164. The molecule has 116 valence electrons. The summed E-state index contributed by atoms with van der Waals surface area (Å²) in [5.41, 5.74) is 4.69. The number of benzene rings is 2. The maximum absolute atomic E-state index is 12.7. The van der Waals surface area contributed by atoms with Crippen molar-refractivity contribution in [3.05, 3.63) is 77.6 Å². The van der Waals surface area contributed by atoms with Gasteiger partial charge < -0.3 is 0 Å². The second kappa shape index (κ2) is 4.99. The molecule has 0 bridgehead atoms. The predicted octanol–water partition coefficient (Wildman–Crippen LogP) is 3.80. The van der Waals surface area contributed by atoms with Gasteiger partial charge in [-0.2, -0.15) is 0 Å². The van der Waals surface area contributed by atoms with Gasteiger partial charge in [0, 0.05) is 12.6 Å². The van der Waals surface area contributed by atoms with Crippen LogP contribution in [0.5, 0.6) is 0 Å². The fraction of sp³-hybridized carbons (Fsp3) is 0.150. The molecule has 0 fully saturated rings. The van der Waals surface area contributed by atoms with Crippen molar-refractivity contribution in [1.29, 1.82) is 0 Å². The maximum Gasteiger partial charge on any atom is 0.235 e. The average molecular weight is 313 g/mol. The van der Waals surface area contributed by atoms with Crippen molar-refractivity contribution in [3.63, 3.8) is 0 Å². The van der Waals surface area contributed by atoms with Crippen molar-refractivity contribution >= 4 is 22.6 Å². The van der Waals surface area contributed by atoms with Gasteiger partial charge in [0.05, 0.1) is 22.3 Å². The molecule has 2 aromatic heterocycles. The maximum atomic E-state index is 12.7. The van der Waals surface area contributed by atoms with E-state index in [-0.39, 0.29) is 11.7 Å². The molecule has 24 heavy (non-hydrogen) atoms. The van der Waals surface area contributed by atoms with Crippen LogP contribution in [0.3, 0.4) is 0 Å². The van der Waals surface area contributed by atoms with Gasteiger partial charge in [-0.05, 0) is 30.0 Å². The Balaban J connectivity index is 1.67. The number of fused-ring (bicyclic) bond motifs is 4. The Morgan fingerprint density at radius 2 is 1.71 bits per heavy atom. The van der Waals surface area contributed by atoms with Crippen LogP contribution in [0.15, 0.2) is 60.8 Å². The van der Waals surface area contributed by atoms with Crippen LogP contribution in [0.4, 0.5) is 0 Å². The molecule has 0 radical (unpaired) electrons. The third-order valence-electron chi connectivity index (χ3n) is 4.82. The number of hydrogen-bond acceptors (Lipinski definition) is 3. The molecule has 0 amide bonds. The first-order chi connectivity index (χ1) is 11.8. The first-order valence-electron chi connectivity index (χ1n) is 8.14. The lowest BCUT2D eigenvalue weighted by Gasteiger charge is -2.23. The smallest absolute Gasteiger partial charge is 0.235 e. The standard InChI is InChI=1S/C20H15N3O/c24-19-11-14(13-6-2-1-3-7-13)10-17-15(19)12-23-18-9-5-4-8-16(18)21-20(23)22-17/h1-9,12,14H,10-11H2. The molecule has 4 aromatic rings. The Morgan fingerprint density at radius 3 is 2.58 bits per heavy atom. The minimum Gasteiger partial charge on any atom is -0.294 e. The van der Waals surface area contributed by atoms with Crippen molar-refractivity contribution in [2.45, 2.75) is 18.8 Å². The highest BCUT2D eigenvalue weighted by Crippen LogP contribution is 2.32. The molecule has 2 heterocycles. The number of imidazole rings is 1. The van der Waals surface area contributed by atoms with Crippen LogP contribution in [-0.4, -0.2) is 20.2 Å². The van der Waals surface area contributed by atoms with E-state index in [0.717, 1.165) is 28.7 Å². The van der Waals surface area contributed by atoms with Gasteiger partial charge in [0.2, 0.25) is 5.78 Å². The quantitative estimate of drug-likeness (QED) is 0.537. The lowest BCUT2D eigenvalue weighted by molar-refractivity contribution is 0.0962. The van der Waals surface area contributed by atoms with Crippen LogP contribution in [0.25, 0.3) is 16.8 Å². The Morgan fingerprint density at radius 1 is 0.917 bits per heavy atom. The van der Waals surface area contributed by atoms with Gasteiger partial charge in [-0.25, -0.2) is 9.97 Å². The summed E-state index contributed by atoms with van der Waals surface area (Å²) < 4.78 is 1.93. The van der Waals surface area contributed by atoms with Gasteiger partial charge >= 0.3 is 0 Å². The zero-order valence-corrected chi connectivity index (χ0v) is 13.0. The normalized spacial score (nSPS) is 17.3. The van der Waals surface area contributed by atoms with Crippen molar-refractivity contribution < 1.29 is 4.79 Å². The van der Waals surface area contributed by atoms with Gasteiger partial charge in [-0.3, -0.25) is 9.20 Å². The third kappa shape index (κ3) is 1.96. The molecule has 0 aliphatic heterocycles. The van der Waals surface area contributed by atoms with E-state index in [1.54, 1.807) is 0 Å². The Hall–Kier alpha value is -3.01. The first-order valence-corrected chi connectivity index (χ1v) is 8.14. The highest BCUT2D eigenvalue weighted by Gasteiger charge is 2.28. The summed E-state index contributed by atoms with van der Waals surface area (Å²) >= 11 is 0.